The van der Waals surface area contributed by atoms with E-state index in [1.54, 1.807) is 7.11 Å². The Morgan fingerprint density at radius 3 is 2.52 bits per heavy atom. The van der Waals surface area contributed by atoms with Gasteiger partial charge in [-0.05, 0) is 67.0 Å². The Kier molecular flexibility index (Phi) is 4.42. The summed E-state index contributed by atoms with van der Waals surface area (Å²) >= 11 is 0. The molecule has 0 saturated heterocycles. The van der Waals surface area contributed by atoms with Crippen LogP contribution in [0.2, 0.25) is 0 Å². The number of carbonyl (C=O) groups is 1. The van der Waals surface area contributed by atoms with Gasteiger partial charge in [0.15, 0.2) is 11.4 Å². The van der Waals surface area contributed by atoms with Crippen molar-refractivity contribution < 1.29 is 19.4 Å². The number of aliphatic hydroxyl groups excluding tert-OH is 1. The van der Waals surface area contributed by atoms with Gasteiger partial charge >= 0.3 is 5.97 Å². The van der Waals surface area contributed by atoms with Gasteiger partial charge < -0.3 is 14.6 Å². The van der Waals surface area contributed by atoms with Crippen LogP contribution in [-0.4, -0.2) is 23.8 Å². The van der Waals surface area contributed by atoms with Crippen LogP contribution in [0.15, 0.2) is 48.2 Å². The Bertz CT molecular complexity index is 920. The molecule has 4 rings (SSSR count). The molecule has 2 aliphatic rings. The third-order valence-corrected chi connectivity index (χ3v) is 5.72. The fourth-order valence-electron chi connectivity index (χ4n) is 4.25. The summed E-state index contributed by atoms with van der Waals surface area (Å²) in [7, 11) is 1.65. The number of rotatable bonds is 3. The largest absolute Gasteiger partial charge is 0.507 e. The minimum atomic E-state index is -0.802. The molecule has 2 aromatic carbocycles. The van der Waals surface area contributed by atoms with Gasteiger partial charge in [0.25, 0.3) is 0 Å². The van der Waals surface area contributed by atoms with E-state index in [9.17, 15) is 9.90 Å². The molecule has 4 nitrogen and oxygen atoms in total. The normalized spacial score (nSPS) is 18.7. The first-order valence-corrected chi connectivity index (χ1v) is 9.46. The molecule has 4 heteroatoms. The van der Waals surface area contributed by atoms with Crippen molar-refractivity contribution in [3.05, 3.63) is 59.4 Å². The molecule has 1 saturated carbocycles. The molecule has 0 radical (unpaired) electrons. The van der Waals surface area contributed by atoms with Gasteiger partial charge in [-0.1, -0.05) is 36.8 Å². The van der Waals surface area contributed by atoms with Crippen molar-refractivity contribution in [1.82, 2.24) is 0 Å². The summed E-state index contributed by atoms with van der Waals surface area (Å²) < 4.78 is 11.0. The van der Waals surface area contributed by atoms with E-state index in [0.717, 1.165) is 41.7 Å². The van der Waals surface area contributed by atoms with Crippen LogP contribution in [-0.2, 0) is 9.53 Å². The highest BCUT2D eigenvalue weighted by atomic mass is 16.6. The predicted octanol–water partition coefficient (Wildman–Crippen LogP) is 5.20. The monoisotopic (exact) mass is 364 g/mol. The molecule has 1 heterocycles. The quantitative estimate of drug-likeness (QED) is 0.761. The molecule has 0 amide bonds. The van der Waals surface area contributed by atoms with Gasteiger partial charge in [-0.15, -0.1) is 0 Å². The van der Waals surface area contributed by atoms with Crippen molar-refractivity contribution in [2.45, 2.75) is 44.6 Å². The lowest BCUT2D eigenvalue weighted by atomic mass is 9.82. The van der Waals surface area contributed by atoms with Gasteiger partial charge in [-0.2, -0.15) is 0 Å². The summed E-state index contributed by atoms with van der Waals surface area (Å²) in [5.74, 6) is 0.499. The number of carbonyl (C=O) groups excluding carboxylic acids is 1. The molecule has 0 unspecified atom stereocenters. The van der Waals surface area contributed by atoms with Crippen molar-refractivity contribution in [1.29, 1.82) is 0 Å². The molecule has 1 N–H and O–H groups in total. The van der Waals surface area contributed by atoms with Crippen LogP contribution in [0.3, 0.4) is 0 Å². The summed E-state index contributed by atoms with van der Waals surface area (Å²) in [5.41, 5.74) is 3.37. The zero-order chi connectivity index (χ0) is 19.0. The van der Waals surface area contributed by atoms with Crippen molar-refractivity contribution in [2.24, 2.45) is 0 Å². The fraction of sp³-hybridized carbons (Fsp3) is 0.348. The Morgan fingerprint density at radius 1 is 1.04 bits per heavy atom. The van der Waals surface area contributed by atoms with E-state index >= 15 is 0 Å². The summed E-state index contributed by atoms with van der Waals surface area (Å²) in [6.45, 7) is 2.01. The summed E-state index contributed by atoms with van der Waals surface area (Å²) in [6, 6.07) is 13.7. The predicted molar refractivity (Wildman–Crippen MR) is 105 cm³/mol. The lowest BCUT2D eigenvalue weighted by molar-refractivity contribution is -0.149. The smallest absolute Gasteiger partial charge is 0.343 e. The maximum atomic E-state index is 12.6. The second-order valence-electron chi connectivity index (χ2n) is 7.43. The number of methoxy groups -OCH3 is 1. The van der Waals surface area contributed by atoms with Crippen LogP contribution in [0.1, 0.15) is 43.2 Å². The van der Waals surface area contributed by atoms with Gasteiger partial charge in [0.1, 0.15) is 11.3 Å². The third kappa shape index (κ3) is 2.99. The van der Waals surface area contributed by atoms with E-state index < -0.39 is 11.6 Å². The third-order valence-electron chi connectivity index (χ3n) is 5.72. The van der Waals surface area contributed by atoms with Gasteiger partial charge in [-0.3, -0.25) is 0 Å². The molecule has 27 heavy (non-hydrogen) atoms. The molecule has 2 aromatic rings. The second kappa shape index (κ2) is 6.76. The lowest BCUT2D eigenvalue weighted by Crippen LogP contribution is -2.34. The first-order chi connectivity index (χ1) is 13.0. The van der Waals surface area contributed by atoms with E-state index in [0.29, 0.717) is 24.0 Å². The lowest BCUT2D eigenvalue weighted by Gasteiger charge is -2.31. The highest BCUT2D eigenvalue weighted by Gasteiger charge is 2.48. The number of hydrogen-bond donors (Lipinski definition) is 1. The van der Waals surface area contributed by atoms with E-state index in [1.807, 2.05) is 49.4 Å². The number of aryl methyl sites for hydroxylation is 1. The highest BCUT2D eigenvalue weighted by molar-refractivity contribution is 6.19. The Balaban J connectivity index is 1.73. The first kappa shape index (κ1) is 17.7. The second-order valence-corrected chi connectivity index (χ2v) is 7.43. The number of benzene rings is 2. The van der Waals surface area contributed by atoms with Crippen LogP contribution in [0.5, 0.6) is 5.75 Å². The maximum absolute atomic E-state index is 12.6. The maximum Gasteiger partial charge on any atom is 0.343 e. The summed E-state index contributed by atoms with van der Waals surface area (Å²) in [4.78, 5) is 12.6. The first-order valence-electron chi connectivity index (χ1n) is 9.46. The van der Waals surface area contributed by atoms with E-state index in [1.165, 1.54) is 0 Å². The molecule has 0 atom stereocenters. The fourth-order valence-corrected chi connectivity index (χ4v) is 4.25. The number of ether oxygens (including phenoxy) is 2. The molecule has 1 fully saturated rings. The topological polar surface area (TPSA) is 55.8 Å². The number of hydrogen-bond acceptors (Lipinski definition) is 4. The van der Waals surface area contributed by atoms with E-state index in [4.69, 9.17) is 9.47 Å². The molecule has 1 aliphatic carbocycles. The molecule has 140 valence electrons. The highest BCUT2D eigenvalue weighted by Crippen LogP contribution is 2.45. The summed E-state index contributed by atoms with van der Waals surface area (Å²) in [6.07, 6.45) is 4.47. The van der Waals surface area contributed by atoms with E-state index in [2.05, 4.69) is 0 Å². The van der Waals surface area contributed by atoms with Crippen LogP contribution in [0.4, 0.5) is 0 Å². The van der Waals surface area contributed by atoms with Crippen molar-refractivity contribution in [2.75, 3.05) is 7.11 Å². The molecule has 0 bridgehead atoms. The van der Waals surface area contributed by atoms with E-state index in [-0.39, 0.29) is 5.76 Å². The van der Waals surface area contributed by atoms with Crippen molar-refractivity contribution in [3.63, 3.8) is 0 Å². The van der Waals surface area contributed by atoms with Crippen LogP contribution in [0, 0.1) is 6.92 Å². The molecular weight excluding hydrogens is 340 g/mol. The standard InChI is InChI=1S/C23H24O4/c1-15-13-17(9-10-19(15)16-7-6-8-18(14-16)26-2)20-21(24)23(27-22(20)25)11-4-3-5-12-23/h6-10,13-14,24H,3-5,11-12H2,1-2H3. The van der Waals surface area contributed by atoms with Gasteiger partial charge in [0, 0.05) is 0 Å². The SMILES string of the molecule is COc1cccc(-c2ccc(C3=C(O)C4(CCCCC4)OC3=O)cc2C)c1. The Morgan fingerprint density at radius 2 is 1.81 bits per heavy atom. The van der Waals surface area contributed by atoms with Gasteiger partial charge in [-0.25, -0.2) is 4.79 Å². The zero-order valence-electron chi connectivity index (χ0n) is 15.7. The van der Waals surface area contributed by atoms with Crippen molar-refractivity contribution >= 4 is 11.5 Å². The molecule has 1 spiro atoms. The molecular formula is C23H24O4. The molecule has 0 aromatic heterocycles. The van der Waals surface area contributed by atoms with Gasteiger partial charge in [0.2, 0.25) is 0 Å². The minimum absolute atomic E-state index is 0.112. The average Bonchev–Trinajstić information content (AvgIpc) is 2.91. The Labute approximate surface area is 159 Å². The van der Waals surface area contributed by atoms with Crippen LogP contribution < -0.4 is 4.74 Å². The number of esters is 1. The summed E-state index contributed by atoms with van der Waals surface area (Å²) in [5, 5.41) is 10.9. The zero-order valence-corrected chi connectivity index (χ0v) is 15.7. The van der Waals surface area contributed by atoms with Crippen molar-refractivity contribution in [3.8, 4) is 16.9 Å². The van der Waals surface area contributed by atoms with Gasteiger partial charge in [0.05, 0.1) is 7.11 Å². The minimum Gasteiger partial charge on any atom is -0.507 e. The van der Waals surface area contributed by atoms with Crippen LogP contribution >= 0.6 is 0 Å². The molecule has 1 aliphatic heterocycles. The van der Waals surface area contributed by atoms with Crippen LogP contribution in [0.25, 0.3) is 16.7 Å². The average molecular weight is 364 g/mol. The number of aliphatic hydroxyl groups is 1. The Hall–Kier alpha value is -2.75.